The molecule has 0 aliphatic carbocycles. The van der Waals surface area contributed by atoms with Crippen molar-refractivity contribution in [2.75, 3.05) is 6.61 Å². The van der Waals surface area contributed by atoms with Crippen LogP contribution in [0.2, 0.25) is 0 Å². The average Bonchev–Trinajstić information content (AvgIpc) is 3.14. The van der Waals surface area contributed by atoms with E-state index < -0.39 is 15.8 Å². The van der Waals surface area contributed by atoms with E-state index in [0.29, 0.717) is 6.42 Å². The second kappa shape index (κ2) is 8.64. The van der Waals surface area contributed by atoms with E-state index in [1.54, 1.807) is 30.6 Å². The molecule has 0 saturated carbocycles. The van der Waals surface area contributed by atoms with Crippen LogP contribution in [0.25, 0.3) is 0 Å². The second-order valence-corrected chi connectivity index (χ2v) is 7.93. The van der Waals surface area contributed by atoms with Crippen LogP contribution in [0.15, 0.2) is 76.5 Å². The lowest BCUT2D eigenvalue weighted by Crippen LogP contribution is -2.11. The standard InChI is InChI=1S/C20H19NO5S/c22-20(26-13-4-5-16-8-11-21-12-9-16)19-17(10-14-25-19)15-27(23,24)18-6-2-1-3-7-18/h1-3,6-12,14H,4-5,13,15H2. The van der Waals surface area contributed by atoms with Gasteiger partial charge in [-0.3, -0.25) is 4.98 Å². The van der Waals surface area contributed by atoms with E-state index in [-0.39, 0.29) is 28.6 Å². The monoisotopic (exact) mass is 385 g/mol. The van der Waals surface area contributed by atoms with Gasteiger partial charge in [0.15, 0.2) is 9.84 Å². The summed E-state index contributed by atoms with van der Waals surface area (Å²) in [6, 6.07) is 13.4. The third-order valence-corrected chi connectivity index (χ3v) is 5.65. The molecule has 0 fully saturated rings. The minimum atomic E-state index is -3.57. The highest BCUT2D eigenvalue weighted by atomic mass is 32.2. The van der Waals surface area contributed by atoms with Crippen LogP contribution in [0.4, 0.5) is 0 Å². The summed E-state index contributed by atoms with van der Waals surface area (Å²) in [5.74, 6) is -1.05. The van der Waals surface area contributed by atoms with Crippen LogP contribution in [-0.2, 0) is 26.7 Å². The summed E-state index contributed by atoms with van der Waals surface area (Å²) in [6.45, 7) is 0.215. The lowest BCUT2D eigenvalue weighted by atomic mass is 10.1. The molecule has 1 aromatic carbocycles. The average molecular weight is 385 g/mol. The maximum Gasteiger partial charge on any atom is 0.374 e. The topological polar surface area (TPSA) is 86.5 Å². The van der Waals surface area contributed by atoms with Crippen molar-refractivity contribution in [3.63, 3.8) is 0 Å². The Morgan fingerprint density at radius 2 is 1.78 bits per heavy atom. The number of furan rings is 1. The molecule has 0 unspecified atom stereocenters. The highest BCUT2D eigenvalue weighted by molar-refractivity contribution is 7.90. The minimum Gasteiger partial charge on any atom is -0.460 e. The van der Waals surface area contributed by atoms with Crippen LogP contribution in [0.5, 0.6) is 0 Å². The Balaban J connectivity index is 1.58. The third kappa shape index (κ3) is 5.04. The smallest absolute Gasteiger partial charge is 0.374 e. The van der Waals surface area contributed by atoms with E-state index in [0.717, 1.165) is 12.0 Å². The Morgan fingerprint density at radius 3 is 2.52 bits per heavy atom. The van der Waals surface area contributed by atoms with Gasteiger partial charge in [-0.15, -0.1) is 0 Å². The van der Waals surface area contributed by atoms with Crippen molar-refractivity contribution in [2.24, 2.45) is 0 Å². The van der Waals surface area contributed by atoms with E-state index in [9.17, 15) is 13.2 Å². The number of hydrogen-bond donors (Lipinski definition) is 0. The molecule has 3 rings (SSSR count). The molecule has 0 bridgehead atoms. The van der Waals surface area contributed by atoms with Gasteiger partial charge in [0, 0.05) is 18.0 Å². The van der Waals surface area contributed by atoms with Gasteiger partial charge in [-0.1, -0.05) is 18.2 Å². The Bertz CT molecular complexity index is 981. The molecule has 0 N–H and O–H groups in total. The number of aryl methyl sites for hydroxylation is 1. The molecule has 0 saturated heterocycles. The maximum atomic E-state index is 12.5. The molecule has 0 amide bonds. The molecule has 6 nitrogen and oxygen atoms in total. The van der Waals surface area contributed by atoms with Crippen molar-refractivity contribution < 1.29 is 22.4 Å². The number of benzene rings is 1. The molecule has 3 aromatic rings. The summed E-state index contributed by atoms with van der Waals surface area (Å²) >= 11 is 0. The van der Waals surface area contributed by atoms with Crippen molar-refractivity contribution in [3.05, 3.63) is 84.1 Å². The summed E-state index contributed by atoms with van der Waals surface area (Å²) in [6.07, 6.45) is 6.12. The van der Waals surface area contributed by atoms with Gasteiger partial charge in [-0.2, -0.15) is 0 Å². The summed E-state index contributed by atoms with van der Waals surface area (Å²) in [5, 5.41) is 0. The van der Waals surface area contributed by atoms with E-state index in [1.807, 2.05) is 12.1 Å². The fraction of sp³-hybridized carbons (Fsp3) is 0.200. The first kappa shape index (κ1) is 18.8. The molecule has 27 heavy (non-hydrogen) atoms. The summed E-state index contributed by atoms with van der Waals surface area (Å²) < 4.78 is 35.4. The van der Waals surface area contributed by atoms with Crippen LogP contribution >= 0.6 is 0 Å². The van der Waals surface area contributed by atoms with E-state index in [4.69, 9.17) is 9.15 Å². The van der Waals surface area contributed by atoms with Gasteiger partial charge in [0.1, 0.15) is 0 Å². The van der Waals surface area contributed by atoms with Gasteiger partial charge in [0.05, 0.1) is 23.5 Å². The Labute approximate surface area is 157 Å². The molecular weight excluding hydrogens is 366 g/mol. The fourth-order valence-electron chi connectivity index (χ4n) is 2.60. The number of nitrogens with zero attached hydrogens (tertiary/aromatic N) is 1. The van der Waals surface area contributed by atoms with Crippen molar-refractivity contribution in [2.45, 2.75) is 23.5 Å². The van der Waals surface area contributed by atoms with Gasteiger partial charge < -0.3 is 9.15 Å². The summed E-state index contributed by atoms with van der Waals surface area (Å²) in [7, 11) is -3.57. The number of aromatic nitrogens is 1. The van der Waals surface area contributed by atoms with Crippen LogP contribution in [0.3, 0.4) is 0 Å². The second-order valence-electron chi connectivity index (χ2n) is 5.94. The summed E-state index contributed by atoms with van der Waals surface area (Å²) in [5.41, 5.74) is 1.40. The number of ether oxygens (including phenoxy) is 1. The predicted molar refractivity (Wildman–Crippen MR) is 98.9 cm³/mol. The molecule has 140 valence electrons. The predicted octanol–water partition coefficient (Wildman–Crippen LogP) is 3.44. The Kier molecular flexibility index (Phi) is 6.03. The Morgan fingerprint density at radius 1 is 1.04 bits per heavy atom. The zero-order valence-corrected chi connectivity index (χ0v) is 15.4. The quantitative estimate of drug-likeness (QED) is 0.436. The molecule has 2 heterocycles. The molecular formula is C20H19NO5S. The molecule has 0 spiro atoms. The van der Waals surface area contributed by atoms with Crippen molar-refractivity contribution in [3.8, 4) is 0 Å². The molecule has 7 heteroatoms. The number of carbonyl (C=O) groups excluding carboxylic acids is 1. The normalized spacial score (nSPS) is 11.3. The van der Waals surface area contributed by atoms with Gasteiger partial charge in [0.25, 0.3) is 0 Å². The van der Waals surface area contributed by atoms with E-state index in [1.165, 1.54) is 24.5 Å². The number of carbonyl (C=O) groups is 1. The molecule has 2 aromatic heterocycles. The lowest BCUT2D eigenvalue weighted by molar-refractivity contribution is 0.0463. The molecule has 0 aliphatic heterocycles. The Hall–Kier alpha value is -2.93. The van der Waals surface area contributed by atoms with Crippen molar-refractivity contribution in [1.82, 2.24) is 4.98 Å². The highest BCUT2D eigenvalue weighted by Gasteiger charge is 2.23. The zero-order valence-electron chi connectivity index (χ0n) is 14.6. The van der Waals surface area contributed by atoms with Crippen molar-refractivity contribution >= 4 is 15.8 Å². The molecule has 0 atom stereocenters. The third-order valence-electron chi connectivity index (χ3n) is 3.97. The number of hydrogen-bond acceptors (Lipinski definition) is 6. The van der Waals surface area contributed by atoms with E-state index in [2.05, 4.69) is 4.98 Å². The highest BCUT2D eigenvalue weighted by Crippen LogP contribution is 2.20. The van der Waals surface area contributed by atoms with Gasteiger partial charge in [-0.25, -0.2) is 13.2 Å². The number of sulfone groups is 1. The van der Waals surface area contributed by atoms with Crippen LogP contribution < -0.4 is 0 Å². The first-order valence-electron chi connectivity index (χ1n) is 8.46. The maximum absolute atomic E-state index is 12.5. The molecule has 0 radical (unpaired) electrons. The zero-order chi connectivity index (χ0) is 19.1. The molecule has 0 aliphatic rings. The summed E-state index contributed by atoms with van der Waals surface area (Å²) in [4.78, 5) is 16.4. The fourth-order valence-corrected chi connectivity index (χ4v) is 3.98. The first-order valence-corrected chi connectivity index (χ1v) is 10.1. The van der Waals surface area contributed by atoms with E-state index >= 15 is 0 Å². The van der Waals surface area contributed by atoms with Gasteiger partial charge in [-0.05, 0) is 48.7 Å². The lowest BCUT2D eigenvalue weighted by Gasteiger charge is -2.06. The van der Waals surface area contributed by atoms with Crippen LogP contribution in [0, 0.1) is 0 Å². The number of pyridine rings is 1. The largest absolute Gasteiger partial charge is 0.460 e. The van der Waals surface area contributed by atoms with Crippen molar-refractivity contribution in [1.29, 1.82) is 0 Å². The minimum absolute atomic E-state index is 0.0709. The van der Waals surface area contributed by atoms with Crippen LogP contribution in [0.1, 0.15) is 28.1 Å². The SMILES string of the molecule is O=C(OCCCc1ccncc1)c1occc1CS(=O)(=O)c1ccccc1. The number of esters is 1. The van der Waals surface area contributed by atoms with Gasteiger partial charge in [0.2, 0.25) is 5.76 Å². The number of rotatable bonds is 8. The first-order chi connectivity index (χ1) is 13.1. The van der Waals surface area contributed by atoms with Gasteiger partial charge >= 0.3 is 5.97 Å². The van der Waals surface area contributed by atoms with Crippen LogP contribution in [-0.4, -0.2) is 26.0 Å².